The molecule has 0 aliphatic carbocycles. The lowest BCUT2D eigenvalue weighted by atomic mass is 10.1. The van der Waals surface area contributed by atoms with Crippen molar-refractivity contribution in [2.24, 2.45) is 0 Å². The highest BCUT2D eigenvalue weighted by Crippen LogP contribution is 2.33. The van der Waals surface area contributed by atoms with Crippen LogP contribution < -0.4 is 10.1 Å². The van der Waals surface area contributed by atoms with Crippen LogP contribution >= 0.6 is 11.8 Å². The first-order chi connectivity index (χ1) is 13.8. The molecule has 0 saturated carbocycles. The number of carbonyl (C=O) groups excluding carboxylic acids is 1. The topological polar surface area (TPSA) is 69.0 Å². The molecular formula is C22H26N4O2S. The maximum Gasteiger partial charge on any atom is 0.230 e. The van der Waals surface area contributed by atoms with Crippen LogP contribution in [0.5, 0.6) is 5.75 Å². The fraction of sp³-hybridized carbons (Fsp3) is 0.318. The molecule has 0 bridgehead atoms. The number of amides is 1. The summed E-state index contributed by atoms with van der Waals surface area (Å²) in [4.78, 5) is 12.3. The number of aromatic nitrogens is 3. The normalized spacial score (nSPS) is 11.3. The summed E-state index contributed by atoms with van der Waals surface area (Å²) in [6.07, 6.45) is 0. The second kappa shape index (κ2) is 8.69. The molecule has 0 atom stereocenters. The highest BCUT2D eigenvalue weighted by atomic mass is 32.2. The zero-order valence-corrected chi connectivity index (χ0v) is 18.2. The Morgan fingerprint density at radius 1 is 1.10 bits per heavy atom. The number of nitrogens with zero attached hydrogens (tertiary/aromatic N) is 3. The second-order valence-electron chi connectivity index (χ2n) is 7.76. The van der Waals surface area contributed by atoms with Gasteiger partial charge in [0.05, 0.1) is 18.4 Å². The Kier molecular flexibility index (Phi) is 6.27. The molecular weight excluding hydrogens is 384 g/mol. The molecule has 1 heterocycles. The van der Waals surface area contributed by atoms with Gasteiger partial charge in [0, 0.05) is 11.2 Å². The van der Waals surface area contributed by atoms with E-state index in [2.05, 4.69) is 15.5 Å². The molecule has 0 radical (unpaired) electrons. The van der Waals surface area contributed by atoms with E-state index in [1.807, 2.05) is 80.8 Å². The molecule has 0 unspecified atom stereocenters. The van der Waals surface area contributed by atoms with Gasteiger partial charge in [0.2, 0.25) is 5.91 Å². The van der Waals surface area contributed by atoms with E-state index in [9.17, 15) is 4.79 Å². The molecule has 29 heavy (non-hydrogen) atoms. The van der Waals surface area contributed by atoms with Crippen LogP contribution in [0, 0.1) is 6.92 Å². The lowest BCUT2D eigenvalue weighted by Gasteiger charge is -2.20. The average molecular weight is 411 g/mol. The van der Waals surface area contributed by atoms with Crippen molar-refractivity contribution < 1.29 is 9.53 Å². The van der Waals surface area contributed by atoms with E-state index < -0.39 is 0 Å². The summed E-state index contributed by atoms with van der Waals surface area (Å²) in [6, 6.07) is 15.8. The van der Waals surface area contributed by atoms with Crippen molar-refractivity contribution in [2.75, 3.05) is 12.9 Å². The maximum absolute atomic E-state index is 12.3. The van der Waals surface area contributed by atoms with Crippen molar-refractivity contribution in [3.63, 3.8) is 0 Å². The van der Waals surface area contributed by atoms with E-state index in [0.29, 0.717) is 11.0 Å². The van der Waals surface area contributed by atoms with Gasteiger partial charge >= 0.3 is 0 Å². The Morgan fingerprint density at radius 2 is 1.79 bits per heavy atom. The smallest absolute Gasteiger partial charge is 0.230 e. The third-order valence-electron chi connectivity index (χ3n) is 4.12. The van der Waals surface area contributed by atoms with Crippen LogP contribution in [0.4, 0.5) is 0 Å². The Hall–Kier alpha value is -2.80. The van der Waals surface area contributed by atoms with Gasteiger partial charge in [0.15, 0.2) is 11.0 Å². The Balaban J connectivity index is 2.00. The lowest BCUT2D eigenvalue weighted by Crippen LogP contribution is -2.41. The number of hydrogen-bond donors (Lipinski definition) is 1. The van der Waals surface area contributed by atoms with Gasteiger partial charge in [-0.25, -0.2) is 0 Å². The van der Waals surface area contributed by atoms with Crippen LogP contribution in [-0.2, 0) is 4.79 Å². The van der Waals surface area contributed by atoms with Crippen molar-refractivity contribution in [3.8, 4) is 22.8 Å². The fourth-order valence-electron chi connectivity index (χ4n) is 2.88. The summed E-state index contributed by atoms with van der Waals surface area (Å²) in [5, 5.41) is 12.4. The summed E-state index contributed by atoms with van der Waals surface area (Å²) < 4.78 is 7.48. The van der Waals surface area contributed by atoms with Crippen LogP contribution in [0.3, 0.4) is 0 Å². The van der Waals surface area contributed by atoms with Crippen LogP contribution in [0.15, 0.2) is 53.7 Å². The van der Waals surface area contributed by atoms with Crippen molar-refractivity contribution in [2.45, 2.75) is 38.4 Å². The van der Waals surface area contributed by atoms with Gasteiger partial charge in [-0.3, -0.25) is 9.36 Å². The van der Waals surface area contributed by atoms with E-state index >= 15 is 0 Å². The average Bonchev–Trinajstić information content (AvgIpc) is 3.09. The highest BCUT2D eigenvalue weighted by molar-refractivity contribution is 7.99. The minimum Gasteiger partial charge on any atom is -0.496 e. The highest BCUT2D eigenvalue weighted by Gasteiger charge is 2.20. The first-order valence-electron chi connectivity index (χ1n) is 9.38. The van der Waals surface area contributed by atoms with Gasteiger partial charge in [-0.1, -0.05) is 41.6 Å². The number of para-hydroxylation sites is 1. The Labute approximate surface area is 175 Å². The zero-order chi connectivity index (χ0) is 21.0. The molecule has 7 heteroatoms. The number of methoxy groups -OCH3 is 1. The first kappa shape index (κ1) is 20.9. The molecule has 1 aromatic heterocycles. The van der Waals surface area contributed by atoms with Crippen molar-refractivity contribution in [3.05, 3.63) is 54.1 Å². The molecule has 0 spiro atoms. The number of hydrogen-bond acceptors (Lipinski definition) is 5. The fourth-order valence-corrected chi connectivity index (χ4v) is 3.63. The number of aryl methyl sites for hydroxylation is 1. The summed E-state index contributed by atoms with van der Waals surface area (Å²) in [5.74, 6) is 1.60. The zero-order valence-electron chi connectivity index (χ0n) is 17.4. The number of thioether (sulfide) groups is 1. The third-order valence-corrected chi connectivity index (χ3v) is 5.05. The molecule has 3 rings (SSSR count). The van der Waals surface area contributed by atoms with Gasteiger partial charge < -0.3 is 10.1 Å². The minimum atomic E-state index is -0.273. The summed E-state index contributed by atoms with van der Waals surface area (Å²) >= 11 is 1.36. The number of rotatable bonds is 6. The van der Waals surface area contributed by atoms with Gasteiger partial charge in [-0.15, -0.1) is 10.2 Å². The number of ether oxygens (including phenoxy) is 1. The predicted molar refractivity (Wildman–Crippen MR) is 117 cm³/mol. The van der Waals surface area contributed by atoms with Crippen molar-refractivity contribution >= 4 is 17.7 Å². The van der Waals surface area contributed by atoms with Crippen molar-refractivity contribution in [1.82, 2.24) is 20.1 Å². The van der Waals surface area contributed by atoms with Gasteiger partial charge in [-0.05, 0) is 52.0 Å². The van der Waals surface area contributed by atoms with Gasteiger partial charge in [-0.2, -0.15) is 0 Å². The first-order valence-corrected chi connectivity index (χ1v) is 10.4. The SMILES string of the molecule is COc1ccccc1-c1nnc(SCC(=O)NC(C)(C)C)n1-c1ccc(C)cc1. The second-order valence-corrected chi connectivity index (χ2v) is 8.71. The van der Waals surface area contributed by atoms with Crippen molar-refractivity contribution in [1.29, 1.82) is 0 Å². The van der Waals surface area contributed by atoms with E-state index in [1.54, 1.807) is 7.11 Å². The Morgan fingerprint density at radius 3 is 2.45 bits per heavy atom. The van der Waals surface area contributed by atoms with E-state index in [4.69, 9.17) is 4.74 Å². The van der Waals surface area contributed by atoms with Crippen LogP contribution in [-0.4, -0.2) is 39.1 Å². The molecule has 6 nitrogen and oxygen atoms in total. The quantitative estimate of drug-likeness (QED) is 0.615. The van der Waals surface area contributed by atoms with Crippen LogP contribution in [0.25, 0.3) is 17.1 Å². The van der Waals surface area contributed by atoms with E-state index in [-0.39, 0.29) is 17.2 Å². The Bertz CT molecular complexity index is 991. The summed E-state index contributed by atoms with van der Waals surface area (Å²) in [5.41, 5.74) is 2.67. The monoisotopic (exact) mass is 410 g/mol. The molecule has 0 aliphatic rings. The van der Waals surface area contributed by atoms with Crippen LogP contribution in [0.1, 0.15) is 26.3 Å². The maximum atomic E-state index is 12.3. The molecule has 3 aromatic rings. The molecule has 1 N–H and O–H groups in total. The molecule has 1 amide bonds. The van der Waals surface area contributed by atoms with Crippen LogP contribution in [0.2, 0.25) is 0 Å². The van der Waals surface area contributed by atoms with Gasteiger partial charge in [0.25, 0.3) is 0 Å². The van der Waals surface area contributed by atoms with E-state index in [0.717, 1.165) is 17.0 Å². The molecule has 0 fully saturated rings. The third kappa shape index (κ3) is 5.17. The van der Waals surface area contributed by atoms with Gasteiger partial charge in [0.1, 0.15) is 5.75 Å². The largest absolute Gasteiger partial charge is 0.496 e. The molecule has 2 aromatic carbocycles. The lowest BCUT2D eigenvalue weighted by molar-refractivity contribution is -0.119. The van der Waals surface area contributed by atoms with E-state index in [1.165, 1.54) is 17.3 Å². The standard InChI is InChI=1S/C22H26N4O2S/c1-15-10-12-16(13-11-15)26-20(17-8-6-7-9-18(17)28-5)24-25-21(26)29-14-19(27)23-22(2,3)4/h6-13H,14H2,1-5H3,(H,23,27). The molecule has 0 aliphatic heterocycles. The number of benzene rings is 2. The minimum absolute atomic E-state index is 0.0419. The number of nitrogens with one attached hydrogen (secondary N) is 1. The summed E-state index contributed by atoms with van der Waals surface area (Å²) in [6.45, 7) is 7.93. The summed E-state index contributed by atoms with van der Waals surface area (Å²) in [7, 11) is 1.64. The molecule has 152 valence electrons. The number of carbonyl (C=O) groups is 1. The predicted octanol–water partition coefficient (Wildman–Crippen LogP) is 4.26. The molecule has 0 saturated heterocycles.